The number of aromatic nitrogens is 1. The van der Waals surface area contributed by atoms with Crippen LogP contribution in [0, 0.1) is 34.3 Å². The molecule has 0 atom stereocenters. The number of thioether (sulfide) groups is 1. The van der Waals surface area contributed by atoms with E-state index in [1.807, 2.05) is 12.1 Å². The van der Waals surface area contributed by atoms with Crippen LogP contribution in [-0.4, -0.2) is 16.6 Å². The number of hydrogen-bond donors (Lipinski definition) is 2. The molecule has 2 aromatic heterocycles. The molecule has 0 unspecified atom stereocenters. The number of anilines is 2. The number of rotatable bonds is 5. The van der Waals surface area contributed by atoms with E-state index in [4.69, 9.17) is 5.73 Å². The SMILES string of the molecule is N#Cc1c(N)nc(SCC(=O)Nc2ccc(F)cc2F)c(C#N)c1-c1cccs1. The molecule has 0 saturated carbocycles. The minimum atomic E-state index is -0.901. The summed E-state index contributed by atoms with van der Waals surface area (Å²) in [5, 5.41) is 23.4. The number of hydrogen-bond acceptors (Lipinski definition) is 7. The number of nitrogen functional groups attached to an aromatic ring is 1. The molecule has 2 heterocycles. The summed E-state index contributed by atoms with van der Waals surface area (Å²) in [6, 6.07) is 10.3. The molecule has 0 spiro atoms. The van der Waals surface area contributed by atoms with Gasteiger partial charge in [-0.1, -0.05) is 17.8 Å². The third kappa shape index (κ3) is 4.35. The number of nitrogens with one attached hydrogen (secondary N) is 1. The first-order valence-corrected chi connectivity index (χ1v) is 9.86. The maximum atomic E-state index is 13.7. The molecule has 144 valence electrons. The monoisotopic (exact) mass is 427 g/mol. The first-order chi connectivity index (χ1) is 13.9. The van der Waals surface area contributed by atoms with Crippen molar-refractivity contribution in [2.24, 2.45) is 0 Å². The molecule has 6 nitrogen and oxygen atoms in total. The lowest BCUT2D eigenvalue weighted by molar-refractivity contribution is -0.113. The highest BCUT2D eigenvalue weighted by atomic mass is 32.2. The van der Waals surface area contributed by atoms with Gasteiger partial charge in [-0.15, -0.1) is 11.3 Å². The van der Waals surface area contributed by atoms with Gasteiger partial charge in [0.2, 0.25) is 5.91 Å². The van der Waals surface area contributed by atoms with Gasteiger partial charge >= 0.3 is 0 Å². The van der Waals surface area contributed by atoms with Crippen molar-refractivity contribution in [2.75, 3.05) is 16.8 Å². The van der Waals surface area contributed by atoms with Crippen molar-refractivity contribution < 1.29 is 13.6 Å². The van der Waals surface area contributed by atoms with Crippen LogP contribution in [-0.2, 0) is 4.79 Å². The number of nitriles is 2. The smallest absolute Gasteiger partial charge is 0.234 e. The van der Waals surface area contributed by atoms with Crippen molar-refractivity contribution in [2.45, 2.75) is 5.03 Å². The average molecular weight is 427 g/mol. The second kappa shape index (κ2) is 8.69. The molecule has 0 radical (unpaired) electrons. The predicted molar refractivity (Wildman–Crippen MR) is 107 cm³/mol. The average Bonchev–Trinajstić information content (AvgIpc) is 3.22. The Morgan fingerprint density at radius 2 is 2.00 bits per heavy atom. The molecule has 0 fully saturated rings. The molecule has 1 amide bonds. The molecule has 29 heavy (non-hydrogen) atoms. The van der Waals surface area contributed by atoms with E-state index in [1.54, 1.807) is 17.5 Å². The second-order valence-corrected chi connectivity index (χ2v) is 7.50. The zero-order valence-corrected chi connectivity index (χ0v) is 16.2. The highest BCUT2D eigenvalue weighted by molar-refractivity contribution is 8.00. The Morgan fingerprint density at radius 1 is 1.24 bits per heavy atom. The van der Waals surface area contributed by atoms with E-state index in [0.29, 0.717) is 16.5 Å². The Bertz CT molecular complexity index is 1170. The van der Waals surface area contributed by atoms with Gasteiger partial charge in [-0.05, 0) is 23.6 Å². The van der Waals surface area contributed by atoms with Gasteiger partial charge in [-0.3, -0.25) is 4.79 Å². The fourth-order valence-electron chi connectivity index (χ4n) is 2.48. The van der Waals surface area contributed by atoms with Gasteiger partial charge in [-0.25, -0.2) is 13.8 Å². The number of halogens is 2. The van der Waals surface area contributed by atoms with E-state index >= 15 is 0 Å². The number of thiophene rings is 1. The maximum absolute atomic E-state index is 13.7. The van der Waals surface area contributed by atoms with Crippen molar-refractivity contribution >= 4 is 40.5 Å². The number of nitrogens with zero attached hydrogens (tertiary/aromatic N) is 3. The Balaban J connectivity index is 1.87. The molecule has 0 aliphatic carbocycles. The largest absolute Gasteiger partial charge is 0.383 e. The molecule has 3 rings (SSSR count). The summed E-state index contributed by atoms with van der Waals surface area (Å²) in [5.74, 6) is -2.49. The van der Waals surface area contributed by atoms with Gasteiger partial charge in [0.25, 0.3) is 0 Å². The molecule has 0 bridgehead atoms. The van der Waals surface area contributed by atoms with Crippen LogP contribution in [0.3, 0.4) is 0 Å². The highest BCUT2D eigenvalue weighted by Crippen LogP contribution is 2.37. The third-order valence-corrected chi connectivity index (χ3v) is 5.59. The lowest BCUT2D eigenvalue weighted by Gasteiger charge is -2.12. The van der Waals surface area contributed by atoms with Crippen molar-refractivity contribution in [3.63, 3.8) is 0 Å². The maximum Gasteiger partial charge on any atom is 0.234 e. The van der Waals surface area contributed by atoms with Crippen LogP contribution >= 0.6 is 23.1 Å². The summed E-state index contributed by atoms with van der Waals surface area (Å²) < 4.78 is 26.6. The van der Waals surface area contributed by atoms with Gasteiger partial charge < -0.3 is 11.1 Å². The zero-order chi connectivity index (χ0) is 21.0. The summed E-state index contributed by atoms with van der Waals surface area (Å²) >= 11 is 2.26. The second-order valence-electron chi connectivity index (χ2n) is 5.59. The number of carbonyl (C=O) groups is 1. The Kier molecular flexibility index (Phi) is 6.07. The minimum absolute atomic E-state index is 0.0533. The van der Waals surface area contributed by atoms with Gasteiger partial charge in [0, 0.05) is 16.5 Å². The van der Waals surface area contributed by atoms with Crippen LogP contribution in [0.5, 0.6) is 0 Å². The van der Waals surface area contributed by atoms with Crippen molar-refractivity contribution in [3.05, 3.63) is 58.5 Å². The van der Waals surface area contributed by atoms with E-state index in [1.165, 1.54) is 11.3 Å². The molecule has 1 aromatic carbocycles. The van der Waals surface area contributed by atoms with Gasteiger partial charge in [-0.2, -0.15) is 10.5 Å². The van der Waals surface area contributed by atoms with Crippen LogP contribution in [0.25, 0.3) is 10.4 Å². The predicted octanol–water partition coefficient (Wildman–Crippen LogP) is 4.14. The van der Waals surface area contributed by atoms with Gasteiger partial charge in [0.05, 0.1) is 17.0 Å². The normalized spacial score (nSPS) is 10.2. The number of carbonyl (C=O) groups excluding carboxylic acids is 1. The van der Waals surface area contributed by atoms with E-state index in [0.717, 1.165) is 23.9 Å². The van der Waals surface area contributed by atoms with Crippen LogP contribution in [0.1, 0.15) is 11.1 Å². The van der Waals surface area contributed by atoms with Crippen molar-refractivity contribution in [3.8, 4) is 22.6 Å². The van der Waals surface area contributed by atoms with E-state index in [2.05, 4.69) is 10.3 Å². The van der Waals surface area contributed by atoms with Gasteiger partial charge in [0.15, 0.2) is 0 Å². The molecule has 3 N–H and O–H groups in total. The quantitative estimate of drug-likeness (QED) is 0.591. The fraction of sp³-hybridized carbons (Fsp3) is 0.0526. The third-order valence-electron chi connectivity index (χ3n) is 3.73. The summed E-state index contributed by atoms with van der Waals surface area (Å²) in [6.07, 6.45) is 0. The summed E-state index contributed by atoms with van der Waals surface area (Å²) in [6.45, 7) is 0. The molecular weight excluding hydrogens is 416 g/mol. The molecule has 0 aliphatic heterocycles. The lowest BCUT2D eigenvalue weighted by atomic mass is 10.0. The first-order valence-electron chi connectivity index (χ1n) is 7.99. The Hall–Kier alpha value is -3.47. The molecule has 3 aromatic rings. The van der Waals surface area contributed by atoms with Crippen LogP contribution < -0.4 is 11.1 Å². The minimum Gasteiger partial charge on any atom is -0.383 e. The topological polar surface area (TPSA) is 116 Å². The van der Waals surface area contributed by atoms with Gasteiger partial charge in [0.1, 0.15) is 40.2 Å². The fourth-order valence-corrected chi connectivity index (χ4v) is 4.06. The zero-order valence-electron chi connectivity index (χ0n) is 14.6. The molecular formula is C19H11F2N5OS2. The van der Waals surface area contributed by atoms with Crippen LogP contribution in [0.4, 0.5) is 20.3 Å². The van der Waals surface area contributed by atoms with Crippen molar-refractivity contribution in [1.82, 2.24) is 4.98 Å². The number of pyridine rings is 1. The number of benzene rings is 1. The highest BCUT2D eigenvalue weighted by Gasteiger charge is 2.21. The summed E-state index contributed by atoms with van der Waals surface area (Å²) in [5.41, 5.74) is 6.31. The first kappa shape index (κ1) is 20.3. The lowest BCUT2D eigenvalue weighted by Crippen LogP contribution is -2.15. The summed E-state index contributed by atoms with van der Waals surface area (Å²) in [4.78, 5) is 16.9. The standard InChI is InChI=1S/C19H11F2N5OS2/c20-10-3-4-14(13(21)6-10)25-16(27)9-29-19-12(8-23)17(15-2-1-5-28-15)11(7-22)18(24)26-19/h1-6H,9H2,(H2,24,26)(H,25,27). The molecule has 0 saturated heterocycles. The van der Waals surface area contributed by atoms with Crippen LogP contribution in [0.2, 0.25) is 0 Å². The molecule has 0 aliphatic rings. The number of amides is 1. The van der Waals surface area contributed by atoms with E-state index < -0.39 is 17.5 Å². The Labute approximate surface area is 172 Å². The van der Waals surface area contributed by atoms with E-state index in [-0.39, 0.29) is 33.4 Å². The van der Waals surface area contributed by atoms with Crippen LogP contribution in [0.15, 0.2) is 40.7 Å². The Morgan fingerprint density at radius 3 is 2.62 bits per heavy atom. The van der Waals surface area contributed by atoms with E-state index in [9.17, 15) is 24.1 Å². The summed E-state index contributed by atoms with van der Waals surface area (Å²) in [7, 11) is 0. The van der Waals surface area contributed by atoms with Crippen molar-refractivity contribution in [1.29, 1.82) is 10.5 Å². The molecule has 10 heteroatoms. The number of nitrogens with two attached hydrogens (primary N) is 1.